The molecule has 1 aliphatic rings. The standard InChI is InChI=1S/C15H18N4O2S/c1-11-7-18(12-5-3-4-6-13(12)22-9-11)14(20)8-19-15(21)17(2)10-16-19/h3-6,10-11H,7-9H2,1-2H3/t11-/m1/s1. The molecule has 3 rings (SSSR count). The molecule has 6 nitrogen and oxygen atoms in total. The van der Waals surface area contributed by atoms with E-state index < -0.39 is 0 Å². The number of hydrogen-bond acceptors (Lipinski definition) is 4. The Morgan fingerprint density at radius 2 is 2.18 bits per heavy atom. The van der Waals surface area contributed by atoms with E-state index in [2.05, 4.69) is 12.0 Å². The van der Waals surface area contributed by atoms with Crippen LogP contribution >= 0.6 is 11.8 Å². The zero-order chi connectivity index (χ0) is 15.7. The molecule has 0 N–H and O–H groups in total. The third-order valence-electron chi connectivity index (χ3n) is 3.65. The van der Waals surface area contributed by atoms with E-state index in [4.69, 9.17) is 0 Å². The summed E-state index contributed by atoms with van der Waals surface area (Å²) in [6.07, 6.45) is 1.42. The molecule has 7 heteroatoms. The molecule has 2 heterocycles. The van der Waals surface area contributed by atoms with E-state index in [-0.39, 0.29) is 18.1 Å². The number of amides is 1. The van der Waals surface area contributed by atoms with Crippen LogP contribution in [-0.4, -0.2) is 32.6 Å². The molecule has 2 aromatic rings. The van der Waals surface area contributed by atoms with Gasteiger partial charge in [0.25, 0.3) is 0 Å². The third-order valence-corrected chi connectivity index (χ3v) is 5.04. The summed E-state index contributed by atoms with van der Waals surface area (Å²) in [6, 6.07) is 7.90. The molecular formula is C15H18N4O2S. The second-order valence-electron chi connectivity index (χ2n) is 5.57. The molecule has 1 atom stereocenters. The van der Waals surface area contributed by atoms with Crippen LogP contribution in [0.25, 0.3) is 0 Å². The average molecular weight is 318 g/mol. The second kappa shape index (κ2) is 6.00. The Kier molecular flexibility index (Phi) is 4.06. The van der Waals surface area contributed by atoms with Crippen LogP contribution in [0.5, 0.6) is 0 Å². The van der Waals surface area contributed by atoms with Crippen LogP contribution in [0.4, 0.5) is 5.69 Å². The van der Waals surface area contributed by atoms with Crippen molar-refractivity contribution < 1.29 is 4.79 Å². The Bertz CT molecular complexity index is 752. The first-order valence-electron chi connectivity index (χ1n) is 7.17. The van der Waals surface area contributed by atoms with Gasteiger partial charge in [-0.15, -0.1) is 11.8 Å². The number of aryl methyl sites for hydroxylation is 1. The maximum absolute atomic E-state index is 12.7. The molecule has 0 radical (unpaired) electrons. The molecule has 1 amide bonds. The SMILES string of the molecule is C[C@H]1CSc2ccccc2N(C(=O)Cn2ncn(C)c2=O)C1. The van der Waals surface area contributed by atoms with Gasteiger partial charge in [-0.1, -0.05) is 19.1 Å². The van der Waals surface area contributed by atoms with Crippen molar-refractivity contribution in [2.45, 2.75) is 18.4 Å². The minimum atomic E-state index is -0.279. The molecule has 22 heavy (non-hydrogen) atoms. The van der Waals surface area contributed by atoms with Gasteiger partial charge < -0.3 is 4.90 Å². The van der Waals surface area contributed by atoms with Crippen molar-refractivity contribution in [1.29, 1.82) is 0 Å². The zero-order valence-corrected chi connectivity index (χ0v) is 13.4. The maximum atomic E-state index is 12.7. The number of para-hydroxylation sites is 1. The molecule has 0 saturated carbocycles. The summed E-state index contributed by atoms with van der Waals surface area (Å²) < 4.78 is 2.57. The van der Waals surface area contributed by atoms with Crippen LogP contribution in [0.1, 0.15) is 6.92 Å². The van der Waals surface area contributed by atoms with E-state index in [0.29, 0.717) is 12.5 Å². The fourth-order valence-corrected chi connectivity index (χ4v) is 3.55. The minimum absolute atomic E-state index is 0.0363. The fourth-order valence-electron chi connectivity index (χ4n) is 2.48. The summed E-state index contributed by atoms with van der Waals surface area (Å²) >= 11 is 1.77. The number of benzene rings is 1. The number of rotatable bonds is 2. The Labute approximate surface area is 132 Å². The van der Waals surface area contributed by atoms with Gasteiger partial charge in [-0.3, -0.25) is 9.36 Å². The van der Waals surface area contributed by atoms with Crippen molar-refractivity contribution in [2.24, 2.45) is 13.0 Å². The molecule has 0 unspecified atom stereocenters. The van der Waals surface area contributed by atoms with E-state index >= 15 is 0 Å². The second-order valence-corrected chi connectivity index (χ2v) is 6.63. The summed E-state index contributed by atoms with van der Waals surface area (Å²) in [4.78, 5) is 27.4. The smallest absolute Gasteiger partial charge is 0.309 e. The van der Waals surface area contributed by atoms with E-state index in [1.807, 2.05) is 24.3 Å². The topological polar surface area (TPSA) is 60.1 Å². The molecule has 0 fully saturated rings. The van der Waals surface area contributed by atoms with Crippen molar-refractivity contribution in [3.05, 3.63) is 41.1 Å². The van der Waals surface area contributed by atoms with Crippen molar-refractivity contribution in [3.8, 4) is 0 Å². The van der Waals surface area contributed by atoms with Gasteiger partial charge in [-0.25, -0.2) is 9.48 Å². The molecule has 0 aliphatic carbocycles. The van der Waals surface area contributed by atoms with E-state index in [0.717, 1.165) is 16.3 Å². The highest BCUT2D eigenvalue weighted by atomic mass is 32.2. The predicted octanol–water partition coefficient (Wildman–Crippen LogP) is 1.36. The minimum Gasteiger partial charge on any atom is -0.309 e. The molecule has 116 valence electrons. The molecule has 1 aromatic heterocycles. The van der Waals surface area contributed by atoms with Gasteiger partial charge in [0, 0.05) is 24.2 Å². The Hall–Kier alpha value is -2.02. The van der Waals surface area contributed by atoms with Crippen molar-refractivity contribution in [1.82, 2.24) is 14.3 Å². The van der Waals surface area contributed by atoms with E-state index in [9.17, 15) is 9.59 Å². The Morgan fingerprint density at radius 3 is 2.91 bits per heavy atom. The van der Waals surface area contributed by atoms with E-state index in [1.54, 1.807) is 23.7 Å². The van der Waals surface area contributed by atoms with Crippen molar-refractivity contribution in [2.75, 3.05) is 17.2 Å². The highest BCUT2D eigenvalue weighted by molar-refractivity contribution is 7.99. The normalized spacial score (nSPS) is 17.9. The molecule has 1 aliphatic heterocycles. The van der Waals surface area contributed by atoms with Gasteiger partial charge in [0.1, 0.15) is 12.9 Å². The van der Waals surface area contributed by atoms with Gasteiger partial charge in [0.15, 0.2) is 0 Å². The lowest BCUT2D eigenvalue weighted by Crippen LogP contribution is -2.39. The lowest BCUT2D eigenvalue weighted by atomic mass is 10.2. The number of thioether (sulfide) groups is 1. The first-order valence-corrected chi connectivity index (χ1v) is 8.15. The quantitative estimate of drug-likeness (QED) is 0.839. The highest BCUT2D eigenvalue weighted by Gasteiger charge is 2.25. The summed E-state index contributed by atoms with van der Waals surface area (Å²) in [6.45, 7) is 2.75. The van der Waals surface area contributed by atoms with Crippen molar-refractivity contribution in [3.63, 3.8) is 0 Å². The lowest BCUT2D eigenvalue weighted by Gasteiger charge is -2.24. The third kappa shape index (κ3) is 2.81. The summed E-state index contributed by atoms with van der Waals surface area (Å²) in [5.74, 6) is 1.26. The lowest BCUT2D eigenvalue weighted by molar-refractivity contribution is -0.119. The summed E-state index contributed by atoms with van der Waals surface area (Å²) in [7, 11) is 1.62. The van der Waals surface area contributed by atoms with Crippen LogP contribution in [0.3, 0.4) is 0 Å². The first-order chi connectivity index (χ1) is 10.6. The molecule has 0 spiro atoms. The number of anilines is 1. The number of aromatic nitrogens is 3. The highest BCUT2D eigenvalue weighted by Crippen LogP contribution is 2.35. The summed E-state index contributed by atoms with van der Waals surface area (Å²) in [5, 5.41) is 3.96. The van der Waals surface area contributed by atoms with Gasteiger partial charge in [-0.2, -0.15) is 5.10 Å². The number of carbonyl (C=O) groups excluding carboxylic acids is 1. The number of hydrogen-bond donors (Lipinski definition) is 0. The average Bonchev–Trinajstić information content (AvgIpc) is 2.74. The summed E-state index contributed by atoms with van der Waals surface area (Å²) in [5.41, 5.74) is 0.643. The molecule has 1 aromatic carbocycles. The largest absolute Gasteiger partial charge is 0.345 e. The zero-order valence-electron chi connectivity index (χ0n) is 12.6. The number of fused-ring (bicyclic) bond motifs is 1. The number of nitrogens with zero attached hydrogens (tertiary/aromatic N) is 4. The predicted molar refractivity (Wildman–Crippen MR) is 86.2 cm³/mol. The number of carbonyl (C=O) groups is 1. The van der Waals surface area contributed by atoms with Crippen LogP contribution in [0.2, 0.25) is 0 Å². The van der Waals surface area contributed by atoms with Gasteiger partial charge in [0.2, 0.25) is 5.91 Å². The Balaban J connectivity index is 1.90. The monoisotopic (exact) mass is 318 g/mol. The molecular weight excluding hydrogens is 300 g/mol. The maximum Gasteiger partial charge on any atom is 0.345 e. The van der Waals surface area contributed by atoms with E-state index in [1.165, 1.54) is 15.6 Å². The van der Waals surface area contributed by atoms with Crippen LogP contribution < -0.4 is 10.6 Å². The first kappa shape index (κ1) is 14.9. The fraction of sp³-hybridized carbons (Fsp3) is 0.400. The molecule has 0 bridgehead atoms. The Morgan fingerprint density at radius 1 is 1.41 bits per heavy atom. The van der Waals surface area contributed by atoms with Gasteiger partial charge in [0.05, 0.1) is 5.69 Å². The van der Waals surface area contributed by atoms with Crippen LogP contribution in [0.15, 0.2) is 40.3 Å². The van der Waals surface area contributed by atoms with Crippen molar-refractivity contribution >= 4 is 23.4 Å². The van der Waals surface area contributed by atoms with Gasteiger partial charge >= 0.3 is 5.69 Å². The van der Waals surface area contributed by atoms with Crippen LogP contribution in [-0.2, 0) is 18.4 Å². The van der Waals surface area contributed by atoms with Crippen LogP contribution in [0, 0.1) is 5.92 Å². The molecule has 0 saturated heterocycles. The van der Waals surface area contributed by atoms with Gasteiger partial charge in [-0.05, 0) is 18.1 Å².